The van der Waals surface area contributed by atoms with E-state index < -0.39 is 0 Å². The van der Waals surface area contributed by atoms with Crippen molar-refractivity contribution in [1.82, 2.24) is 5.32 Å². The summed E-state index contributed by atoms with van der Waals surface area (Å²) in [5, 5.41) is 3.43. The highest BCUT2D eigenvalue weighted by molar-refractivity contribution is 5.39. The molecular weight excluding hydrogens is 189 g/mol. The van der Waals surface area contributed by atoms with Crippen LogP contribution in [0.1, 0.15) is 36.8 Å². The van der Waals surface area contributed by atoms with Crippen LogP contribution >= 0.6 is 0 Å². The van der Waals surface area contributed by atoms with E-state index in [2.05, 4.69) is 11.4 Å². The lowest BCUT2D eigenvalue weighted by Crippen LogP contribution is -2.42. The van der Waals surface area contributed by atoms with E-state index in [9.17, 15) is 4.39 Å². The van der Waals surface area contributed by atoms with Gasteiger partial charge >= 0.3 is 0 Å². The van der Waals surface area contributed by atoms with Crippen molar-refractivity contribution < 1.29 is 4.39 Å². The molecule has 0 bridgehead atoms. The first-order valence-electron chi connectivity index (χ1n) is 5.80. The van der Waals surface area contributed by atoms with Gasteiger partial charge in [-0.15, -0.1) is 0 Å². The maximum atomic E-state index is 13.9. The van der Waals surface area contributed by atoms with Crippen molar-refractivity contribution in [2.45, 2.75) is 37.6 Å². The molecule has 1 fully saturated rings. The Morgan fingerprint density at radius 2 is 2.00 bits per heavy atom. The summed E-state index contributed by atoms with van der Waals surface area (Å²) < 4.78 is 13.9. The number of hydrogen-bond donors (Lipinski definition) is 1. The molecular formula is C13H16FN. The third-order valence-electron chi connectivity index (χ3n) is 3.97. The fraction of sp³-hybridized carbons (Fsp3) is 0.538. The summed E-state index contributed by atoms with van der Waals surface area (Å²) in [6, 6.07) is 5.50. The molecule has 15 heavy (non-hydrogen) atoms. The van der Waals surface area contributed by atoms with E-state index in [1.54, 1.807) is 6.07 Å². The van der Waals surface area contributed by atoms with Crippen molar-refractivity contribution in [3.63, 3.8) is 0 Å². The molecule has 2 aliphatic rings. The molecule has 0 amide bonds. The standard InChI is InChI=1S/C13H16FN/c14-11-5-3-4-10-8-15-9-13(12(10)11)6-1-2-7-13/h3-5,15H,1-2,6-9H2. The lowest BCUT2D eigenvalue weighted by atomic mass is 9.74. The van der Waals surface area contributed by atoms with Crippen LogP contribution in [0.2, 0.25) is 0 Å². The van der Waals surface area contributed by atoms with Gasteiger partial charge in [0, 0.05) is 18.5 Å². The first-order chi connectivity index (χ1) is 7.32. The zero-order chi connectivity index (χ0) is 10.3. The van der Waals surface area contributed by atoms with Crippen LogP contribution in [-0.2, 0) is 12.0 Å². The summed E-state index contributed by atoms with van der Waals surface area (Å²) in [6.45, 7) is 1.79. The van der Waals surface area contributed by atoms with Gasteiger partial charge in [0.05, 0.1) is 0 Å². The van der Waals surface area contributed by atoms with E-state index in [0.29, 0.717) is 0 Å². The minimum Gasteiger partial charge on any atom is -0.312 e. The maximum absolute atomic E-state index is 13.9. The van der Waals surface area contributed by atoms with Gasteiger partial charge < -0.3 is 5.32 Å². The fourth-order valence-electron chi connectivity index (χ4n) is 3.31. The SMILES string of the molecule is Fc1cccc2c1C1(CCCC1)CNC2. The van der Waals surface area contributed by atoms with Crippen molar-refractivity contribution in [1.29, 1.82) is 0 Å². The van der Waals surface area contributed by atoms with Crippen LogP contribution in [-0.4, -0.2) is 6.54 Å². The predicted octanol–water partition coefficient (Wildman–Crippen LogP) is 2.74. The Labute approximate surface area is 89.7 Å². The molecule has 0 saturated heterocycles. The highest BCUT2D eigenvalue weighted by atomic mass is 19.1. The molecule has 0 unspecified atom stereocenters. The molecule has 2 heteroatoms. The Bertz CT molecular complexity index is 380. The molecule has 1 aromatic rings. The van der Waals surface area contributed by atoms with Gasteiger partial charge in [-0.3, -0.25) is 0 Å². The molecule has 3 rings (SSSR count). The second-order valence-electron chi connectivity index (χ2n) is 4.86. The van der Waals surface area contributed by atoms with Crippen LogP contribution in [0.5, 0.6) is 0 Å². The first kappa shape index (κ1) is 9.34. The van der Waals surface area contributed by atoms with E-state index in [1.807, 2.05) is 6.07 Å². The van der Waals surface area contributed by atoms with Gasteiger partial charge in [-0.2, -0.15) is 0 Å². The summed E-state index contributed by atoms with van der Waals surface area (Å²) >= 11 is 0. The van der Waals surface area contributed by atoms with Crippen LogP contribution < -0.4 is 5.32 Å². The molecule has 1 heterocycles. The molecule has 1 saturated carbocycles. The first-order valence-corrected chi connectivity index (χ1v) is 5.80. The minimum atomic E-state index is 0.0101. The van der Waals surface area contributed by atoms with E-state index in [-0.39, 0.29) is 11.2 Å². The number of hydrogen-bond acceptors (Lipinski definition) is 1. The highest BCUT2D eigenvalue weighted by Crippen LogP contribution is 2.44. The molecule has 0 radical (unpaired) electrons. The molecule has 80 valence electrons. The van der Waals surface area contributed by atoms with Crippen molar-refractivity contribution in [3.8, 4) is 0 Å². The Hall–Kier alpha value is -0.890. The monoisotopic (exact) mass is 205 g/mol. The number of benzene rings is 1. The van der Waals surface area contributed by atoms with Gasteiger partial charge in [-0.1, -0.05) is 25.0 Å². The van der Waals surface area contributed by atoms with Gasteiger partial charge in [0.25, 0.3) is 0 Å². The van der Waals surface area contributed by atoms with Gasteiger partial charge in [0.1, 0.15) is 5.82 Å². The number of fused-ring (bicyclic) bond motifs is 2. The quantitative estimate of drug-likeness (QED) is 0.686. The molecule has 1 aliphatic heterocycles. The Morgan fingerprint density at radius 3 is 2.80 bits per heavy atom. The van der Waals surface area contributed by atoms with Crippen molar-refractivity contribution in [2.24, 2.45) is 0 Å². The van der Waals surface area contributed by atoms with Gasteiger partial charge in [-0.25, -0.2) is 4.39 Å². The molecule has 0 aromatic heterocycles. The summed E-state index contributed by atoms with van der Waals surface area (Å²) in [5.74, 6) is 0.0101. The van der Waals surface area contributed by atoms with Gasteiger partial charge in [0.15, 0.2) is 0 Å². The largest absolute Gasteiger partial charge is 0.312 e. The lowest BCUT2D eigenvalue weighted by Gasteiger charge is -2.36. The Balaban J connectivity index is 2.16. The third-order valence-corrected chi connectivity index (χ3v) is 3.97. The van der Waals surface area contributed by atoms with Crippen molar-refractivity contribution in [3.05, 3.63) is 35.1 Å². The van der Waals surface area contributed by atoms with Crippen molar-refractivity contribution in [2.75, 3.05) is 6.54 Å². The number of nitrogens with one attached hydrogen (secondary N) is 1. The van der Waals surface area contributed by atoms with Gasteiger partial charge in [-0.05, 0) is 30.0 Å². The minimum absolute atomic E-state index is 0.0101. The smallest absolute Gasteiger partial charge is 0.127 e. The van der Waals surface area contributed by atoms with Crippen LogP contribution in [0, 0.1) is 5.82 Å². The molecule has 0 atom stereocenters. The molecule has 1 nitrogen and oxygen atoms in total. The average Bonchev–Trinajstić information content (AvgIpc) is 2.67. The molecule has 1 aliphatic carbocycles. The fourth-order valence-corrected chi connectivity index (χ4v) is 3.31. The average molecular weight is 205 g/mol. The van der Waals surface area contributed by atoms with E-state index >= 15 is 0 Å². The second-order valence-corrected chi connectivity index (χ2v) is 4.86. The highest BCUT2D eigenvalue weighted by Gasteiger charge is 2.40. The number of rotatable bonds is 0. The zero-order valence-electron chi connectivity index (χ0n) is 8.85. The van der Waals surface area contributed by atoms with Crippen LogP contribution in [0.15, 0.2) is 18.2 Å². The molecule has 1 spiro atoms. The van der Waals surface area contributed by atoms with Crippen LogP contribution in [0.4, 0.5) is 4.39 Å². The zero-order valence-corrected chi connectivity index (χ0v) is 8.85. The Morgan fingerprint density at radius 1 is 1.20 bits per heavy atom. The van der Waals surface area contributed by atoms with Crippen molar-refractivity contribution >= 4 is 0 Å². The van der Waals surface area contributed by atoms with E-state index in [0.717, 1.165) is 31.5 Å². The molecule has 1 aromatic carbocycles. The summed E-state index contributed by atoms with van der Waals surface area (Å²) in [7, 11) is 0. The normalized spacial score (nSPS) is 23.0. The predicted molar refractivity (Wildman–Crippen MR) is 58.3 cm³/mol. The van der Waals surface area contributed by atoms with E-state index in [1.165, 1.54) is 18.4 Å². The second kappa shape index (κ2) is 3.31. The lowest BCUT2D eigenvalue weighted by molar-refractivity contribution is 0.359. The topological polar surface area (TPSA) is 12.0 Å². The van der Waals surface area contributed by atoms with Gasteiger partial charge in [0.2, 0.25) is 0 Å². The van der Waals surface area contributed by atoms with Crippen LogP contribution in [0.3, 0.4) is 0 Å². The maximum Gasteiger partial charge on any atom is 0.127 e. The third kappa shape index (κ3) is 1.31. The summed E-state index contributed by atoms with van der Waals surface area (Å²) in [5.41, 5.74) is 2.29. The van der Waals surface area contributed by atoms with Crippen LogP contribution in [0.25, 0.3) is 0 Å². The Kier molecular flexibility index (Phi) is 2.06. The summed E-state index contributed by atoms with van der Waals surface area (Å²) in [6.07, 6.45) is 4.78. The number of halogens is 1. The molecule has 1 N–H and O–H groups in total. The summed E-state index contributed by atoms with van der Waals surface area (Å²) in [4.78, 5) is 0. The van der Waals surface area contributed by atoms with E-state index in [4.69, 9.17) is 0 Å².